The lowest BCUT2D eigenvalue weighted by Gasteiger charge is -2.38. The van der Waals surface area contributed by atoms with Crippen molar-refractivity contribution in [3.8, 4) is 5.75 Å². The molecular formula is C25H31N4O3+. The van der Waals surface area contributed by atoms with E-state index in [4.69, 9.17) is 9.72 Å². The summed E-state index contributed by atoms with van der Waals surface area (Å²) >= 11 is 0. The molecule has 3 aromatic rings. The molecule has 7 nitrogen and oxygen atoms in total. The van der Waals surface area contributed by atoms with E-state index >= 15 is 0 Å². The topological polar surface area (TPSA) is 58.2 Å². The number of amides is 1. The molecule has 0 bridgehead atoms. The fourth-order valence-electron chi connectivity index (χ4n) is 3.84. The predicted octanol–water partition coefficient (Wildman–Crippen LogP) is 4.25. The van der Waals surface area contributed by atoms with Crippen LogP contribution in [0.5, 0.6) is 5.75 Å². The Morgan fingerprint density at radius 2 is 1.59 bits per heavy atom. The van der Waals surface area contributed by atoms with E-state index in [9.17, 15) is 4.79 Å². The summed E-state index contributed by atoms with van der Waals surface area (Å²) in [6, 6.07) is 21.4. The lowest BCUT2D eigenvalue weighted by molar-refractivity contribution is -0.856. The van der Waals surface area contributed by atoms with E-state index in [-0.39, 0.29) is 10.7 Å². The number of quaternary nitrogens is 1. The molecule has 0 N–H and O–H groups in total. The number of hydrogen-bond acceptors (Lipinski definition) is 6. The Bertz CT molecular complexity index is 1080. The van der Waals surface area contributed by atoms with Crippen molar-refractivity contribution in [3.63, 3.8) is 0 Å². The summed E-state index contributed by atoms with van der Waals surface area (Å²) in [5.41, 5.74) is 2.40. The van der Waals surface area contributed by atoms with Gasteiger partial charge in [-0.25, -0.2) is 9.82 Å². The summed E-state index contributed by atoms with van der Waals surface area (Å²) < 4.78 is 5.36. The molecule has 2 aliphatic rings. The molecule has 0 radical (unpaired) electrons. The van der Waals surface area contributed by atoms with Crippen molar-refractivity contribution >= 4 is 22.8 Å². The highest BCUT2D eigenvalue weighted by molar-refractivity contribution is 5.80. The second-order valence-corrected chi connectivity index (χ2v) is 8.54. The Labute approximate surface area is 189 Å². The van der Waals surface area contributed by atoms with Gasteiger partial charge in [0.15, 0.2) is 0 Å². The van der Waals surface area contributed by atoms with Crippen molar-refractivity contribution in [1.29, 1.82) is 0 Å². The molecule has 5 rings (SSSR count). The van der Waals surface area contributed by atoms with E-state index in [0.29, 0.717) is 6.04 Å². The first kappa shape index (κ1) is 22.0. The van der Waals surface area contributed by atoms with Crippen molar-refractivity contribution in [3.05, 3.63) is 66.2 Å². The lowest BCUT2D eigenvalue weighted by Crippen LogP contribution is -2.47. The molecule has 2 fully saturated rings. The molecule has 1 amide bonds. The van der Waals surface area contributed by atoms with Crippen LogP contribution in [-0.4, -0.2) is 68.0 Å². The zero-order chi connectivity index (χ0) is 22.7. The zero-order valence-electron chi connectivity index (χ0n) is 19.2. The number of ether oxygens (including phenoxy) is 1. The molecule has 2 aromatic carbocycles. The normalized spacial score (nSPS) is 18.4. The molecular weight excluding hydrogens is 404 g/mol. The van der Waals surface area contributed by atoms with Crippen molar-refractivity contribution in [2.24, 2.45) is 0 Å². The number of aromatic nitrogens is 1. The molecule has 0 aliphatic carbocycles. The van der Waals surface area contributed by atoms with Crippen LogP contribution in [-0.2, 0) is 4.84 Å². The van der Waals surface area contributed by atoms with E-state index in [1.54, 1.807) is 21.2 Å². The maximum atomic E-state index is 9.96. The van der Waals surface area contributed by atoms with Crippen LogP contribution in [0, 0.1) is 0 Å². The van der Waals surface area contributed by atoms with Crippen LogP contribution in [0.4, 0.5) is 10.6 Å². The van der Waals surface area contributed by atoms with E-state index < -0.39 is 0 Å². The second-order valence-electron chi connectivity index (χ2n) is 8.54. The second kappa shape index (κ2) is 9.14. The monoisotopic (exact) mass is 435 g/mol. The van der Waals surface area contributed by atoms with Crippen molar-refractivity contribution in [2.45, 2.75) is 13.0 Å². The first-order chi connectivity index (χ1) is 15.4. The van der Waals surface area contributed by atoms with Crippen LogP contribution in [0.25, 0.3) is 10.9 Å². The molecule has 2 saturated heterocycles. The summed E-state index contributed by atoms with van der Waals surface area (Å²) in [4.78, 5) is 24.1. The molecule has 3 heterocycles. The number of fused-ring (bicyclic) bond motifs is 1. The maximum Gasteiger partial charge on any atom is 0.609 e. The minimum atomic E-state index is -0.157. The zero-order valence-corrected chi connectivity index (χ0v) is 19.2. The van der Waals surface area contributed by atoms with Gasteiger partial charge >= 0.3 is 6.09 Å². The Balaban J connectivity index is 0.000000354. The van der Waals surface area contributed by atoms with Gasteiger partial charge in [-0.3, -0.25) is 4.90 Å². The van der Waals surface area contributed by atoms with E-state index in [1.165, 1.54) is 10.9 Å². The molecule has 0 saturated carbocycles. The van der Waals surface area contributed by atoms with E-state index in [0.717, 1.165) is 43.3 Å². The van der Waals surface area contributed by atoms with Crippen LogP contribution < -0.4 is 9.64 Å². The Morgan fingerprint density at radius 1 is 0.969 bits per heavy atom. The Morgan fingerprint density at radius 3 is 2.19 bits per heavy atom. The Hall–Kier alpha value is -3.16. The molecule has 1 unspecified atom stereocenters. The minimum absolute atomic E-state index is 0.0972. The number of piperazine rings is 1. The van der Waals surface area contributed by atoms with Crippen LogP contribution in [0.2, 0.25) is 0 Å². The highest BCUT2D eigenvalue weighted by Crippen LogP contribution is 2.25. The molecule has 2 aliphatic heterocycles. The number of para-hydroxylation sites is 1. The third-order valence-electron chi connectivity index (χ3n) is 6.08. The van der Waals surface area contributed by atoms with Crippen molar-refractivity contribution in [2.75, 3.05) is 52.3 Å². The number of hydroxylamine groups is 3. The average molecular weight is 436 g/mol. The highest BCUT2D eigenvalue weighted by Gasteiger charge is 2.53. The third-order valence-corrected chi connectivity index (χ3v) is 6.08. The van der Waals surface area contributed by atoms with Gasteiger partial charge < -0.3 is 9.64 Å². The van der Waals surface area contributed by atoms with Gasteiger partial charge in [0, 0.05) is 37.6 Å². The predicted molar refractivity (Wildman–Crippen MR) is 126 cm³/mol. The number of rotatable bonds is 4. The molecule has 0 spiro atoms. The first-order valence-corrected chi connectivity index (χ1v) is 10.9. The van der Waals surface area contributed by atoms with Gasteiger partial charge in [-0.2, -0.15) is 4.79 Å². The number of pyridine rings is 1. The third kappa shape index (κ3) is 5.00. The van der Waals surface area contributed by atoms with Crippen LogP contribution in [0.1, 0.15) is 18.5 Å². The SMILES string of the molecule is COc1ccc(C(C)N2CCN(c3ccc4ccccc4n3)CC2)cc1.C[N+]1(C)OC1=O. The summed E-state index contributed by atoms with van der Waals surface area (Å²) in [5, 5.41) is 1.20. The van der Waals surface area contributed by atoms with Gasteiger partial charge in [-0.1, -0.05) is 30.3 Å². The minimum Gasteiger partial charge on any atom is -0.497 e. The fourth-order valence-corrected chi connectivity index (χ4v) is 3.84. The lowest BCUT2D eigenvalue weighted by atomic mass is 10.1. The number of nitrogens with zero attached hydrogens (tertiary/aromatic N) is 4. The van der Waals surface area contributed by atoms with Gasteiger partial charge in [-0.15, -0.1) is 0 Å². The molecule has 168 valence electrons. The van der Waals surface area contributed by atoms with Crippen LogP contribution in [0.15, 0.2) is 60.7 Å². The largest absolute Gasteiger partial charge is 0.609 e. The van der Waals surface area contributed by atoms with Crippen LogP contribution in [0.3, 0.4) is 0 Å². The number of methoxy groups -OCH3 is 1. The number of carbonyl (C=O) groups is 1. The molecule has 1 atom stereocenters. The smallest absolute Gasteiger partial charge is 0.497 e. The maximum absolute atomic E-state index is 9.96. The van der Waals surface area contributed by atoms with Crippen molar-refractivity contribution < 1.29 is 19.0 Å². The van der Waals surface area contributed by atoms with Gasteiger partial charge in [-0.05, 0) is 47.5 Å². The molecule has 1 aromatic heterocycles. The summed E-state index contributed by atoms with van der Waals surface area (Å²) in [7, 11) is 5.07. The van der Waals surface area contributed by atoms with Gasteiger partial charge in [0.2, 0.25) is 0 Å². The fraction of sp³-hybridized carbons (Fsp3) is 0.360. The molecule has 32 heavy (non-hydrogen) atoms. The molecule has 7 heteroatoms. The summed E-state index contributed by atoms with van der Waals surface area (Å²) in [6.45, 7) is 6.38. The first-order valence-electron chi connectivity index (χ1n) is 10.9. The number of hydrogen-bond donors (Lipinski definition) is 0. The highest BCUT2D eigenvalue weighted by atomic mass is 16.9. The number of anilines is 1. The average Bonchev–Trinajstić information content (AvgIpc) is 3.41. The quantitative estimate of drug-likeness (QED) is 0.451. The Kier molecular flexibility index (Phi) is 6.30. The van der Waals surface area contributed by atoms with Gasteiger partial charge in [0.05, 0.1) is 12.6 Å². The van der Waals surface area contributed by atoms with Crippen LogP contribution >= 0.6 is 0 Å². The standard InChI is InChI=1S/C22H25N3O.C3H6NO2/c1-17(18-7-10-20(26-2)11-8-18)24-13-15-25(16-14-24)22-12-9-19-5-3-4-6-21(19)23-22;1-4(2)3(5)6-4/h3-12,17H,13-16H2,1-2H3;1-2H3/q;+1. The number of benzene rings is 2. The summed E-state index contributed by atoms with van der Waals surface area (Å²) in [5.74, 6) is 1.99. The van der Waals surface area contributed by atoms with Gasteiger partial charge in [0.1, 0.15) is 25.7 Å². The summed E-state index contributed by atoms with van der Waals surface area (Å²) in [6.07, 6.45) is -0.157. The van der Waals surface area contributed by atoms with E-state index in [1.807, 2.05) is 18.2 Å². The number of carbonyl (C=O) groups excluding carboxylic acids is 1. The van der Waals surface area contributed by atoms with E-state index in [2.05, 4.69) is 64.0 Å². The van der Waals surface area contributed by atoms with Crippen molar-refractivity contribution in [1.82, 2.24) is 9.88 Å². The van der Waals surface area contributed by atoms with Gasteiger partial charge in [0.25, 0.3) is 0 Å².